The molecule has 27 heavy (non-hydrogen) atoms. The second-order valence-electron chi connectivity index (χ2n) is 6.09. The molecule has 2 N–H and O–H groups in total. The lowest BCUT2D eigenvalue weighted by molar-refractivity contribution is 0.0939. The van der Waals surface area contributed by atoms with Crippen LogP contribution in [-0.2, 0) is 4.74 Å². The van der Waals surface area contributed by atoms with Gasteiger partial charge in [-0.3, -0.25) is 4.79 Å². The SMILES string of the molecule is CCC(CO)CNC(=O)c1cnc(OCCOC)c(-c2ccc(Cl)cc2)c1. The Balaban J connectivity index is 2.25. The summed E-state index contributed by atoms with van der Waals surface area (Å²) in [5.74, 6) is 0.218. The summed E-state index contributed by atoms with van der Waals surface area (Å²) in [5.41, 5.74) is 1.97. The highest BCUT2D eigenvalue weighted by Gasteiger charge is 2.15. The van der Waals surface area contributed by atoms with Gasteiger partial charge in [-0.05, 0) is 36.1 Å². The number of carbonyl (C=O) groups excluding carboxylic acids is 1. The van der Waals surface area contributed by atoms with Gasteiger partial charge >= 0.3 is 0 Å². The summed E-state index contributed by atoms with van der Waals surface area (Å²) in [6.07, 6.45) is 2.27. The van der Waals surface area contributed by atoms with Crippen molar-refractivity contribution < 1.29 is 19.4 Å². The van der Waals surface area contributed by atoms with Crippen LogP contribution in [0.1, 0.15) is 23.7 Å². The average Bonchev–Trinajstić information content (AvgIpc) is 2.69. The highest BCUT2D eigenvalue weighted by Crippen LogP contribution is 2.30. The molecular weight excluding hydrogens is 368 g/mol. The fourth-order valence-corrected chi connectivity index (χ4v) is 2.55. The second kappa shape index (κ2) is 10.9. The first-order valence-corrected chi connectivity index (χ1v) is 9.23. The van der Waals surface area contributed by atoms with E-state index in [0.29, 0.717) is 41.8 Å². The van der Waals surface area contributed by atoms with Crippen LogP contribution in [-0.4, -0.2) is 49.5 Å². The fourth-order valence-electron chi connectivity index (χ4n) is 2.43. The van der Waals surface area contributed by atoms with Crippen molar-refractivity contribution in [3.8, 4) is 17.0 Å². The summed E-state index contributed by atoms with van der Waals surface area (Å²) in [6, 6.07) is 8.99. The molecule has 0 aliphatic rings. The fraction of sp³-hybridized carbons (Fsp3) is 0.400. The minimum absolute atomic E-state index is 0.0364. The van der Waals surface area contributed by atoms with Gasteiger partial charge in [0, 0.05) is 37.0 Å². The number of ether oxygens (including phenoxy) is 2. The molecule has 0 fully saturated rings. The highest BCUT2D eigenvalue weighted by atomic mass is 35.5. The van der Waals surface area contributed by atoms with Gasteiger partial charge in [-0.15, -0.1) is 0 Å². The number of aliphatic hydroxyl groups excluding tert-OH is 1. The molecule has 0 bridgehead atoms. The van der Waals surface area contributed by atoms with Gasteiger partial charge in [0.2, 0.25) is 5.88 Å². The van der Waals surface area contributed by atoms with Crippen LogP contribution in [0.15, 0.2) is 36.5 Å². The third-order valence-electron chi connectivity index (χ3n) is 4.18. The first-order valence-electron chi connectivity index (χ1n) is 8.85. The van der Waals surface area contributed by atoms with Crippen LogP contribution in [0.2, 0.25) is 5.02 Å². The third-order valence-corrected chi connectivity index (χ3v) is 4.43. The first kappa shape index (κ1) is 21.2. The number of hydrogen-bond donors (Lipinski definition) is 2. The van der Waals surface area contributed by atoms with Gasteiger partial charge in [0.15, 0.2) is 0 Å². The van der Waals surface area contributed by atoms with Gasteiger partial charge in [-0.1, -0.05) is 30.7 Å². The van der Waals surface area contributed by atoms with Gasteiger partial charge in [0.25, 0.3) is 5.91 Å². The van der Waals surface area contributed by atoms with E-state index in [2.05, 4.69) is 10.3 Å². The van der Waals surface area contributed by atoms with Crippen LogP contribution >= 0.6 is 11.6 Å². The van der Waals surface area contributed by atoms with E-state index in [4.69, 9.17) is 21.1 Å². The molecule has 1 atom stereocenters. The van der Waals surface area contributed by atoms with E-state index in [1.165, 1.54) is 6.20 Å². The Hall–Kier alpha value is -2.15. The molecule has 1 aromatic heterocycles. The van der Waals surface area contributed by atoms with Crippen molar-refractivity contribution in [2.45, 2.75) is 13.3 Å². The molecule has 0 spiro atoms. The zero-order valence-corrected chi connectivity index (χ0v) is 16.3. The molecule has 2 aromatic rings. The Morgan fingerprint density at radius 2 is 2.04 bits per heavy atom. The lowest BCUT2D eigenvalue weighted by atomic mass is 10.0. The zero-order chi connectivity index (χ0) is 19.6. The van der Waals surface area contributed by atoms with Crippen molar-refractivity contribution in [2.75, 3.05) is 33.5 Å². The molecule has 0 saturated carbocycles. The van der Waals surface area contributed by atoms with Crippen LogP contribution in [0.5, 0.6) is 5.88 Å². The molecule has 1 aromatic carbocycles. The number of rotatable bonds is 10. The normalized spacial score (nSPS) is 11.9. The molecule has 0 aliphatic heterocycles. The Kier molecular flexibility index (Phi) is 8.51. The molecule has 1 amide bonds. The number of halogens is 1. The van der Waals surface area contributed by atoms with Crippen molar-refractivity contribution in [3.63, 3.8) is 0 Å². The smallest absolute Gasteiger partial charge is 0.252 e. The van der Waals surface area contributed by atoms with Crippen molar-refractivity contribution in [1.29, 1.82) is 0 Å². The molecule has 1 heterocycles. The summed E-state index contributed by atoms with van der Waals surface area (Å²) in [5, 5.41) is 12.7. The largest absolute Gasteiger partial charge is 0.475 e. The number of methoxy groups -OCH3 is 1. The first-order chi connectivity index (χ1) is 13.1. The standard InChI is InChI=1S/C20H25ClN2O4/c1-3-14(13-24)11-22-19(25)16-10-18(15-4-6-17(21)7-5-15)20(23-12-16)27-9-8-26-2/h4-7,10,12,14,24H,3,8-9,11,13H2,1-2H3,(H,22,25). The number of pyridine rings is 1. The summed E-state index contributed by atoms with van der Waals surface area (Å²) in [4.78, 5) is 16.8. The van der Waals surface area contributed by atoms with Crippen LogP contribution < -0.4 is 10.1 Å². The Labute approximate surface area is 164 Å². The number of carbonyl (C=O) groups is 1. The molecule has 6 nitrogen and oxygen atoms in total. The molecular formula is C20H25ClN2O4. The number of nitrogens with zero attached hydrogens (tertiary/aromatic N) is 1. The molecule has 146 valence electrons. The zero-order valence-electron chi connectivity index (χ0n) is 15.6. The van der Waals surface area contributed by atoms with Crippen LogP contribution in [0.25, 0.3) is 11.1 Å². The molecule has 0 radical (unpaired) electrons. The number of benzene rings is 1. The Morgan fingerprint density at radius 3 is 2.67 bits per heavy atom. The van der Waals surface area contributed by atoms with Gasteiger partial charge in [0.1, 0.15) is 6.61 Å². The Bertz CT molecular complexity index is 733. The van der Waals surface area contributed by atoms with E-state index >= 15 is 0 Å². The molecule has 0 saturated heterocycles. The van der Waals surface area contributed by atoms with E-state index in [1.54, 1.807) is 25.3 Å². The Morgan fingerprint density at radius 1 is 1.30 bits per heavy atom. The van der Waals surface area contributed by atoms with E-state index in [-0.39, 0.29) is 18.4 Å². The summed E-state index contributed by atoms with van der Waals surface area (Å²) in [7, 11) is 1.60. The average molecular weight is 393 g/mol. The van der Waals surface area contributed by atoms with Crippen molar-refractivity contribution in [2.24, 2.45) is 5.92 Å². The predicted octanol–water partition coefficient (Wildman–Crippen LogP) is 3.18. The topological polar surface area (TPSA) is 80.7 Å². The van der Waals surface area contributed by atoms with Crippen LogP contribution in [0.3, 0.4) is 0 Å². The predicted molar refractivity (Wildman–Crippen MR) is 105 cm³/mol. The van der Waals surface area contributed by atoms with Crippen LogP contribution in [0.4, 0.5) is 0 Å². The number of aliphatic hydroxyl groups is 1. The maximum Gasteiger partial charge on any atom is 0.252 e. The van der Waals surface area contributed by atoms with E-state index in [0.717, 1.165) is 12.0 Å². The third kappa shape index (κ3) is 6.20. The number of amides is 1. The molecule has 1 unspecified atom stereocenters. The minimum Gasteiger partial charge on any atom is -0.475 e. The number of aromatic nitrogens is 1. The van der Waals surface area contributed by atoms with Crippen molar-refractivity contribution in [1.82, 2.24) is 10.3 Å². The molecule has 0 aliphatic carbocycles. The summed E-state index contributed by atoms with van der Waals surface area (Å²) < 4.78 is 10.7. The molecule has 2 rings (SSSR count). The van der Waals surface area contributed by atoms with Crippen molar-refractivity contribution in [3.05, 3.63) is 47.1 Å². The highest BCUT2D eigenvalue weighted by molar-refractivity contribution is 6.30. The van der Waals surface area contributed by atoms with Gasteiger partial charge in [0.05, 0.1) is 12.2 Å². The number of nitrogens with one attached hydrogen (secondary N) is 1. The lowest BCUT2D eigenvalue weighted by Gasteiger charge is -2.14. The molecule has 7 heteroatoms. The summed E-state index contributed by atoms with van der Waals surface area (Å²) in [6.45, 7) is 3.21. The van der Waals surface area contributed by atoms with Gasteiger partial charge in [-0.25, -0.2) is 4.98 Å². The number of hydrogen-bond acceptors (Lipinski definition) is 5. The monoisotopic (exact) mass is 392 g/mol. The lowest BCUT2D eigenvalue weighted by Crippen LogP contribution is -2.30. The van der Waals surface area contributed by atoms with Gasteiger partial charge < -0.3 is 19.9 Å². The maximum absolute atomic E-state index is 12.5. The maximum atomic E-state index is 12.5. The van der Waals surface area contributed by atoms with E-state index in [1.807, 2.05) is 19.1 Å². The summed E-state index contributed by atoms with van der Waals surface area (Å²) >= 11 is 5.97. The van der Waals surface area contributed by atoms with Gasteiger partial charge in [-0.2, -0.15) is 0 Å². The van der Waals surface area contributed by atoms with E-state index < -0.39 is 0 Å². The minimum atomic E-state index is -0.243. The van der Waals surface area contributed by atoms with Crippen molar-refractivity contribution >= 4 is 17.5 Å². The second-order valence-corrected chi connectivity index (χ2v) is 6.53. The van der Waals surface area contributed by atoms with E-state index in [9.17, 15) is 9.90 Å². The van der Waals surface area contributed by atoms with Crippen LogP contribution in [0, 0.1) is 5.92 Å². The quantitative estimate of drug-likeness (QED) is 0.607.